The number of fused-ring (bicyclic) bond motifs is 1. The van der Waals surface area contributed by atoms with Crippen LogP contribution in [0.3, 0.4) is 0 Å². The summed E-state index contributed by atoms with van der Waals surface area (Å²) in [7, 11) is 0. The van der Waals surface area contributed by atoms with Crippen molar-refractivity contribution in [2.45, 2.75) is 32.2 Å². The first-order valence-corrected chi connectivity index (χ1v) is 9.86. The van der Waals surface area contributed by atoms with E-state index in [1.54, 1.807) is 0 Å². The third-order valence-electron chi connectivity index (χ3n) is 5.33. The number of aromatic nitrogens is 1. The fraction of sp³-hybridized carbons (Fsp3) is 0.304. The second-order valence-electron chi connectivity index (χ2n) is 7.65. The summed E-state index contributed by atoms with van der Waals surface area (Å²) in [5, 5.41) is 7.20. The van der Waals surface area contributed by atoms with Crippen LogP contribution in [-0.2, 0) is 0 Å². The van der Waals surface area contributed by atoms with E-state index in [9.17, 15) is 4.79 Å². The summed E-state index contributed by atoms with van der Waals surface area (Å²) in [6, 6.07) is 18.2. The smallest absolute Gasteiger partial charge is 0.319 e. The summed E-state index contributed by atoms with van der Waals surface area (Å²) in [5.41, 5.74) is 4.26. The van der Waals surface area contributed by atoms with E-state index in [4.69, 9.17) is 0 Å². The number of carbonyl (C=O) groups excluding carboxylic acids is 1. The summed E-state index contributed by atoms with van der Waals surface area (Å²) in [5.74, 6) is 0.483. The van der Waals surface area contributed by atoms with Gasteiger partial charge in [0.1, 0.15) is 0 Å². The highest BCUT2D eigenvalue weighted by Crippen LogP contribution is 2.28. The Hall–Kier alpha value is -3.08. The number of anilines is 2. The highest BCUT2D eigenvalue weighted by molar-refractivity contribution is 5.92. The molecule has 28 heavy (non-hydrogen) atoms. The van der Waals surface area contributed by atoms with Crippen LogP contribution in [0.1, 0.15) is 31.7 Å². The molecule has 0 saturated carbocycles. The van der Waals surface area contributed by atoms with E-state index in [0.717, 1.165) is 36.1 Å². The van der Waals surface area contributed by atoms with Crippen molar-refractivity contribution in [1.29, 1.82) is 0 Å². The zero-order valence-electron chi connectivity index (χ0n) is 16.4. The molecule has 2 amide bonds. The summed E-state index contributed by atoms with van der Waals surface area (Å²) < 4.78 is 0. The van der Waals surface area contributed by atoms with E-state index in [0.29, 0.717) is 5.92 Å². The number of pyridine rings is 1. The van der Waals surface area contributed by atoms with Gasteiger partial charge in [-0.25, -0.2) is 4.79 Å². The topological polar surface area (TPSA) is 57.3 Å². The zero-order valence-corrected chi connectivity index (χ0v) is 16.4. The highest BCUT2D eigenvalue weighted by atomic mass is 16.2. The van der Waals surface area contributed by atoms with Gasteiger partial charge in [0.2, 0.25) is 0 Å². The molecule has 1 aromatic heterocycles. The second-order valence-corrected chi connectivity index (χ2v) is 7.65. The van der Waals surface area contributed by atoms with Crippen molar-refractivity contribution >= 4 is 28.3 Å². The third-order valence-corrected chi connectivity index (χ3v) is 5.33. The Morgan fingerprint density at radius 3 is 2.68 bits per heavy atom. The predicted octanol–water partition coefficient (Wildman–Crippen LogP) is 4.76. The highest BCUT2D eigenvalue weighted by Gasteiger charge is 2.25. The summed E-state index contributed by atoms with van der Waals surface area (Å²) in [6.45, 7) is 6.04. The van der Waals surface area contributed by atoms with Crippen LogP contribution in [0.25, 0.3) is 10.9 Å². The number of urea groups is 1. The van der Waals surface area contributed by atoms with Crippen molar-refractivity contribution < 1.29 is 4.79 Å². The summed E-state index contributed by atoms with van der Waals surface area (Å²) in [4.78, 5) is 19.2. The van der Waals surface area contributed by atoms with E-state index in [-0.39, 0.29) is 12.1 Å². The molecule has 1 fully saturated rings. The third kappa shape index (κ3) is 3.93. The standard InChI is InChI=1S/C23H26N4O/c1-16(2)17-7-9-18(10-8-17)25-23(28)26-19-12-14-27(15-19)22-11-13-24-21-6-4-3-5-20(21)22/h3-11,13,16,19H,12,14-15H2,1-2H3,(H2,25,26,28). The summed E-state index contributed by atoms with van der Waals surface area (Å²) in [6.07, 6.45) is 2.78. The lowest BCUT2D eigenvalue weighted by atomic mass is 10.0. The Morgan fingerprint density at radius 2 is 1.89 bits per heavy atom. The van der Waals surface area contributed by atoms with Crippen LogP contribution >= 0.6 is 0 Å². The maximum atomic E-state index is 12.4. The lowest BCUT2D eigenvalue weighted by molar-refractivity contribution is 0.249. The fourth-order valence-corrected chi connectivity index (χ4v) is 3.76. The molecule has 1 saturated heterocycles. The van der Waals surface area contributed by atoms with Gasteiger partial charge in [0.05, 0.1) is 5.52 Å². The van der Waals surface area contributed by atoms with E-state index < -0.39 is 0 Å². The molecule has 1 aliphatic heterocycles. The average Bonchev–Trinajstić information content (AvgIpc) is 3.16. The van der Waals surface area contributed by atoms with Gasteiger partial charge in [0.25, 0.3) is 0 Å². The van der Waals surface area contributed by atoms with Crippen molar-refractivity contribution in [3.05, 3.63) is 66.4 Å². The average molecular weight is 374 g/mol. The number of nitrogens with one attached hydrogen (secondary N) is 2. The molecule has 144 valence electrons. The van der Waals surface area contributed by atoms with Crippen LogP contribution in [0.5, 0.6) is 0 Å². The van der Waals surface area contributed by atoms with Crippen molar-refractivity contribution in [3.63, 3.8) is 0 Å². The van der Waals surface area contributed by atoms with Gasteiger partial charge in [-0.15, -0.1) is 0 Å². The number of hydrogen-bond donors (Lipinski definition) is 2. The van der Waals surface area contributed by atoms with Crippen LogP contribution in [0.15, 0.2) is 60.8 Å². The van der Waals surface area contributed by atoms with Gasteiger partial charge < -0.3 is 15.5 Å². The fourth-order valence-electron chi connectivity index (χ4n) is 3.76. The zero-order chi connectivity index (χ0) is 19.5. The number of hydrogen-bond acceptors (Lipinski definition) is 3. The van der Waals surface area contributed by atoms with Crippen LogP contribution in [0, 0.1) is 0 Å². The molecule has 1 atom stereocenters. The largest absolute Gasteiger partial charge is 0.369 e. The van der Waals surface area contributed by atoms with Crippen molar-refractivity contribution in [2.24, 2.45) is 0 Å². The van der Waals surface area contributed by atoms with Gasteiger partial charge >= 0.3 is 6.03 Å². The maximum Gasteiger partial charge on any atom is 0.319 e. The lowest BCUT2D eigenvalue weighted by Gasteiger charge is -2.21. The lowest BCUT2D eigenvalue weighted by Crippen LogP contribution is -2.39. The van der Waals surface area contributed by atoms with E-state index in [1.165, 1.54) is 11.3 Å². The first-order valence-electron chi connectivity index (χ1n) is 9.86. The van der Waals surface area contributed by atoms with Gasteiger partial charge in [-0.2, -0.15) is 0 Å². The molecule has 0 aliphatic carbocycles. The first kappa shape index (κ1) is 18.3. The molecule has 3 aromatic rings. The van der Waals surface area contributed by atoms with Gasteiger partial charge in [-0.3, -0.25) is 4.98 Å². The number of para-hydroxylation sites is 1. The Morgan fingerprint density at radius 1 is 1.11 bits per heavy atom. The molecule has 0 radical (unpaired) electrons. The number of carbonyl (C=O) groups is 1. The molecule has 0 spiro atoms. The molecule has 5 nitrogen and oxygen atoms in total. The Labute approximate surface area is 165 Å². The van der Waals surface area contributed by atoms with E-state index in [1.807, 2.05) is 36.5 Å². The van der Waals surface area contributed by atoms with Crippen LogP contribution in [-0.4, -0.2) is 30.1 Å². The minimum atomic E-state index is -0.149. The molecule has 4 rings (SSSR count). The minimum Gasteiger partial charge on any atom is -0.369 e. The van der Waals surface area contributed by atoms with E-state index >= 15 is 0 Å². The van der Waals surface area contributed by atoms with Gasteiger partial charge in [-0.05, 0) is 42.2 Å². The number of amides is 2. The van der Waals surface area contributed by atoms with Gasteiger partial charge in [0.15, 0.2) is 0 Å². The molecule has 2 heterocycles. The molecule has 1 unspecified atom stereocenters. The van der Waals surface area contributed by atoms with Crippen LogP contribution in [0.4, 0.5) is 16.2 Å². The van der Waals surface area contributed by atoms with Gasteiger partial charge in [0, 0.05) is 42.1 Å². The van der Waals surface area contributed by atoms with Crippen molar-refractivity contribution in [3.8, 4) is 0 Å². The van der Waals surface area contributed by atoms with Crippen LogP contribution in [0.2, 0.25) is 0 Å². The van der Waals surface area contributed by atoms with Crippen molar-refractivity contribution in [1.82, 2.24) is 10.3 Å². The minimum absolute atomic E-state index is 0.127. The Kier molecular flexibility index (Phi) is 5.15. The molecule has 2 N–H and O–H groups in total. The Balaban J connectivity index is 1.37. The molecule has 0 bridgehead atoms. The molecular weight excluding hydrogens is 348 g/mol. The predicted molar refractivity (Wildman–Crippen MR) is 115 cm³/mol. The molecular formula is C23H26N4O. The normalized spacial score (nSPS) is 16.5. The summed E-state index contributed by atoms with van der Waals surface area (Å²) >= 11 is 0. The van der Waals surface area contributed by atoms with Crippen molar-refractivity contribution in [2.75, 3.05) is 23.3 Å². The first-order chi connectivity index (χ1) is 13.6. The van der Waals surface area contributed by atoms with E-state index in [2.05, 4.69) is 58.6 Å². The van der Waals surface area contributed by atoms with Crippen LogP contribution < -0.4 is 15.5 Å². The Bertz CT molecular complexity index is 963. The number of nitrogens with zero attached hydrogens (tertiary/aromatic N) is 2. The molecule has 5 heteroatoms. The molecule has 2 aromatic carbocycles. The van der Waals surface area contributed by atoms with Gasteiger partial charge in [-0.1, -0.05) is 44.2 Å². The maximum absolute atomic E-state index is 12.4. The number of rotatable bonds is 4. The second kappa shape index (κ2) is 7.89. The monoisotopic (exact) mass is 374 g/mol. The SMILES string of the molecule is CC(C)c1ccc(NC(=O)NC2CCN(c3ccnc4ccccc34)C2)cc1. The quantitative estimate of drug-likeness (QED) is 0.692. The molecule has 1 aliphatic rings. The number of benzene rings is 2.